The van der Waals surface area contributed by atoms with Gasteiger partial charge in [-0.3, -0.25) is 4.79 Å². The van der Waals surface area contributed by atoms with Crippen molar-refractivity contribution in [2.75, 3.05) is 18.5 Å². The molecule has 6 heteroatoms. The summed E-state index contributed by atoms with van der Waals surface area (Å²) >= 11 is 3.37. The lowest BCUT2D eigenvalue weighted by Crippen LogP contribution is -2.21. The van der Waals surface area contributed by atoms with Gasteiger partial charge < -0.3 is 15.2 Å². The maximum absolute atomic E-state index is 11.5. The van der Waals surface area contributed by atoms with Crippen molar-refractivity contribution in [3.63, 3.8) is 0 Å². The summed E-state index contributed by atoms with van der Waals surface area (Å²) in [5, 5.41) is 11.1. The number of halogens is 1. The second-order valence-corrected chi connectivity index (χ2v) is 4.76. The van der Waals surface area contributed by atoms with Gasteiger partial charge in [-0.15, -0.1) is 0 Å². The number of anilines is 1. The molecule has 0 saturated carbocycles. The minimum Gasteiger partial charge on any atom is -0.480 e. The maximum atomic E-state index is 11.5. The number of hydrogen-bond donors (Lipinski definition) is 2. The number of carbonyl (C=O) groups is 2. The summed E-state index contributed by atoms with van der Waals surface area (Å²) in [5.74, 6) is -1.47. The van der Waals surface area contributed by atoms with E-state index in [1.54, 1.807) is 0 Å². The Hall–Kier alpha value is -1.40. The Labute approximate surface area is 113 Å². The predicted molar refractivity (Wildman–Crippen MR) is 70.7 cm³/mol. The van der Waals surface area contributed by atoms with Gasteiger partial charge in [0.05, 0.1) is 0 Å². The molecule has 0 fully saturated rings. The number of carbonyl (C=O) groups excluding carboxylic acids is 1. The molecule has 0 atom stereocenters. The molecule has 0 radical (unpaired) electrons. The number of aliphatic carboxylic acids is 1. The van der Waals surface area contributed by atoms with Crippen LogP contribution in [-0.2, 0) is 14.3 Å². The molecule has 0 aliphatic heterocycles. The van der Waals surface area contributed by atoms with E-state index in [0.29, 0.717) is 0 Å². The number of ether oxygens (including phenoxy) is 1. The molecule has 0 bridgehead atoms. The molecule has 1 aromatic rings. The van der Waals surface area contributed by atoms with E-state index in [-0.39, 0.29) is 12.5 Å². The number of amides is 1. The van der Waals surface area contributed by atoms with Crippen molar-refractivity contribution in [1.29, 1.82) is 0 Å². The Bertz CT molecular complexity index is 450. The van der Waals surface area contributed by atoms with Gasteiger partial charge in [0.1, 0.15) is 13.2 Å². The molecule has 0 unspecified atom stereocenters. The van der Waals surface area contributed by atoms with Crippen molar-refractivity contribution in [3.8, 4) is 0 Å². The van der Waals surface area contributed by atoms with Crippen LogP contribution < -0.4 is 5.32 Å². The van der Waals surface area contributed by atoms with Gasteiger partial charge in [0.15, 0.2) is 0 Å². The molecule has 0 saturated heterocycles. The molecule has 5 nitrogen and oxygen atoms in total. The van der Waals surface area contributed by atoms with Crippen LogP contribution in [0.4, 0.5) is 5.69 Å². The van der Waals surface area contributed by atoms with E-state index in [1.165, 1.54) is 0 Å². The fourth-order valence-electron chi connectivity index (χ4n) is 1.51. The molecular weight excluding hydrogens is 302 g/mol. The van der Waals surface area contributed by atoms with Crippen molar-refractivity contribution in [1.82, 2.24) is 0 Å². The fourth-order valence-corrected chi connectivity index (χ4v) is 2.20. The summed E-state index contributed by atoms with van der Waals surface area (Å²) in [4.78, 5) is 21.8. The average molecular weight is 316 g/mol. The number of carboxylic acids is 1. The number of nitrogens with one attached hydrogen (secondary N) is 1. The molecule has 0 aromatic heterocycles. The summed E-state index contributed by atoms with van der Waals surface area (Å²) in [5.41, 5.74) is 2.57. The lowest BCUT2D eigenvalue weighted by Gasteiger charge is -2.12. The Kier molecular flexibility index (Phi) is 5.30. The second kappa shape index (κ2) is 6.51. The lowest BCUT2D eigenvalue weighted by molar-refractivity contribution is -0.143. The lowest BCUT2D eigenvalue weighted by atomic mass is 10.1. The van der Waals surface area contributed by atoms with Crippen molar-refractivity contribution < 1.29 is 19.4 Å². The monoisotopic (exact) mass is 315 g/mol. The van der Waals surface area contributed by atoms with Gasteiger partial charge in [0.2, 0.25) is 5.91 Å². The third kappa shape index (κ3) is 4.46. The highest BCUT2D eigenvalue weighted by atomic mass is 79.9. The predicted octanol–water partition coefficient (Wildman–Crippen LogP) is 2.11. The van der Waals surface area contributed by atoms with Crippen LogP contribution >= 0.6 is 15.9 Å². The normalized spacial score (nSPS) is 10.2. The van der Waals surface area contributed by atoms with Gasteiger partial charge in [-0.05, 0) is 37.1 Å². The van der Waals surface area contributed by atoms with E-state index < -0.39 is 12.6 Å². The molecule has 0 spiro atoms. The van der Waals surface area contributed by atoms with E-state index in [1.807, 2.05) is 26.0 Å². The van der Waals surface area contributed by atoms with Crippen molar-refractivity contribution in [2.24, 2.45) is 0 Å². The first-order valence-corrected chi connectivity index (χ1v) is 6.05. The van der Waals surface area contributed by atoms with Crippen LogP contribution in [0.2, 0.25) is 0 Å². The number of carboxylic acid groups (broad SMARTS) is 1. The number of benzene rings is 1. The number of aryl methyl sites for hydroxylation is 2. The SMILES string of the molecule is Cc1cc(Br)cc(C)c1NC(=O)COCC(=O)O. The zero-order valence-electron chi connectivity index (χ0n) is 10.1. The van der Waals surface area contributed by atoms with E-state index in [9.17, 15) is 9.59 Å². The summed E-state index contributed by atoms with van der Waals surface area (Å²) < 4.78 is 5.65. The highest BCUT2D eigenvalue weighted by Crippen LogP contribution is 2.24. The first-order chi connectivity index (χ1) is 8.40. The molecular formula is C12H14BrNO4. The van der Waals surface area contributed by atoms with E-state index in [4.69, 9.17) is 9.84 Å². The van der Waals surface area contributed by atoms with Crippen LogP contribution in [0.25, 0.3) is 0 Å². The quantitative estimate of drug-likeness (QED) is 0.872. The van der Waals surface area contributed by atoms with Crippen molar-refractivity contribution in [2.45, 2.75) is 13.8 Å². The number of hydrogen-bond acceptors (Lipinski definition) is 3. The zero-order valence-corrected chi connectivity index (χ0v) is 11.7. The third-order valence-corrected chi connectivity index (χ3v) is 2.68. The topological polar surface area (TPSA) is 75.6 Å². The fraction of sp³-hybridized carbons (Fsp3) is 0.333. The largest absolute Gasteiger partial charge is 0.480 e. The highest BCUT2D eigenvalue weighted by Gasteiger charge is 2.09. The number of rotatable bonds is 5. The van der Waals surface area contributed by atoms with Crippen LogP contribution in [0.5, 0.6) is 0 Å². The molecule has 1 rings (SSSR count). The Balaban J connectivity index is 2.62. The zero-order chi connectivity index (χ0) is 13.7. The highest BCUT2D eigenvalue weighted by molar-refractivity contribution is 9.10. The molecule has 0 aliphatic rings. The molecule has 0 heterocycles. The van der Waals surface area contributed by atoms with E-state index in [0.717, 1.165) is 21.3 Å². The summed E-state index contributed by atoms with van der Waals surface area (Å²) in [6.45, 7) is 3.00. The van der Waals surface area contributed by atoms with Crippen molar-refractivity contribution >= 4 is 33.5 Å². The first kappa shape index (κ1) is 14.7. The Morgan fingerprint density at radius 2 is 1.83 bits per heavy atom. The average Bonchev–Trinajstić information content (AvgIpc) is 2.22. The molecule has 1 aromatic carbocycles. The molecule has 0 aliphatic carbocycles. The smallest absolute Gasteiger partial charge is 0.329 e. The van der Waals surface area contributed by atoms with E-state index in [2.05, 4.69) is 21.2 Å². The summed E-state index contributed by atoms with van der Waals surface area (Å²) in [6.07, 6.45) is 0. The minimum atomic E-state index is -1.10. The summed E-state index contributed by atoms with van der Waals surface area (Å²) in [6, 6.07) is 3.78. The molecule has 2 N–H and O–H groups in total. The minimum absolute atomic E-state index is 0.277. The Morgan fingerprint density at radius 1 is 1.28 bits per heavy atom. The second-order valence-electron chi connectivity index (χ2n) is 3.85. The standard InChI is InChI=1S/C12H14BrNO4/c1-7-3-9(13)4-8(2)12(7)14-10(15)5-18-6-11(16)17/h3-4H,5-6H2,1-2H3,(H,14,15)(H,16,17). The van der Waals surface area contributed by atoms with Crippen molar-refractivity contribution in [3.05, 3.63) is 27.7 Å². The molecule has 1 amide bonds. The summed E-state index contributed by atoms with van der Waals surface area (Å²) in [7, 11) is 0. The van der Waals surface area contributed by atoms with Gasteiger partial charge in [-0.1, -0.05) is 15.9 Å². The van der Waals surface area contributed by atoms with Gasteiger partial charge >= 0.3 is 5.97 Å². The van der Waals surface area contributed by atoms with E-state index >= 15 is 0 Å². The van der Waals surface area contributed by atoms with Gasteiger partial charge in [0, 0.05) is 10.2 Å². The van der Waals surface area contributed by atoms with Gasteiger partial charge in [0.25, 0.3) is 0 Å². The van der Waals surface area contributed by atoms with Gasteiger partial charge in [-0.2, -0.15) is 0 Å². The molecule has 98 valence electrons. The van der Waals surface area contributed by atoms with Crippen LogP contribution in [0.1, 0.15) is 11.1 Å². The Morgan fingerprint density at radius 3 is 2.33 bits per heavy atom. The van der Waals surface area contributed by atoms with Crippen LogP contribution in [0, 0.1) is 13.8 Å². The van der Waals surface area contributed by atoms with Crippen LogP contribution in [-0.4, -0.2) is 30.2 Å². The maximum Gasteiger partial charge on any atom is 0.329 e. The third-order valence-electron chi connectivity index (χ3n) is 2.22. The van der Waals surface area contributed by atoms with Crippen LogP contribution in [0.15, 0.2) is 16.6 Å². The van der Waals surface area contributed by atoms with Crippen LogP contribution in [0.3, 0.4) is 0 Å². The van der Waals surface area contributed by atoms with Gasteiger partial charge in [-0.25, -0.2) is 4.79 Å². The first-order valence-electron chi connectivity index (χ1n) is 5.26. The molecule has 18 heavy (non-hydrogen) atoms.